The van der Waals surface area contributed by atoms with Crippen molar-refractivity contribution in [1.29, 1.82) is 0 Å². The molecule has 0 atom stereocenters. The first kappa shape index (κ1) is 6.50. The van der Waals surface area contributed by atoms with Gasteiger partial charge in [-0.1, -0.05) is 0 Å². The van der Waals surface area contributed by atoms with E-state index in [4.69, 9.17) is 0 Å². The van der Waals surface area contributed by atoms with Gasteiger partial charge in [-0.2, -0.15) is 0 Å². The molecular weight excluding hydrogens is 141 g/mol. The molecule has 0 aromatic heterocycles. The lowest BCUT2D eigenvalue weighted by Gasteiger charge is -2.54. The number of alkyl halides is 3. The molecule has 0 aromatic carbocycles. The summed E-state index contributed by atoms with van der Waals surface area (Å²) in [4.78, 5) is 0. The molecule has 3 heteroatoms. The molecule has 58 valence electrons. The van der Waals surface area contributed by atoms with Crippen LogP contribution >= 0.6 is 0 Å². The molecular formula is C7H9F3. The zero-order valence-corrected chi connectivity index (χ0v) is 5.54. The average molecular weight is 150 g/mol. The Morgan fingerprint density at radius 3 is 1.90 bits per heavy atom. The van der Waals surface area contributed by atoms with Gasteiger partial charge in [0.15, 0.2) is 0 Å². The van der Waals surface area contributed by atoms with Gasteiger partial charge in [-0.25, -0.2) is 13.2 Å². The largest absolute Gasteiger partial charge is 0.249 e. The van der Waals surface area contributed by atoms with Crippen molar-refractivity contribution in [3.63, 3.8) is 0 Å². The molecule has 2 fully saturated rings. The number of halogens is 3. The van der Waals surface area contributed by atoms with Crippen molar-refractivity contribution in [2.75, 3.05) is 0 Å². The number of hydrogen-bond acceptors (Lipinski definition) is 0. The summed E-state index contributed by atoms with van der Waals surface area (Å²) in [5, 5.41) is 0. The summed E-state index contributed by atoms with van der Waals surface area (Å²) in [6.45, 7) is 0. The van der Waals surface area contributed by atoms with Crippen molar-refractivity contribution < 1.29 is 13.2 Å². The molecule has 1 spiro atoms. The Labute approximate surface area is 57.4 Å². The molecule has 2 aliphatic rings. The van der Waals surface area contributed by atoms with Crippen LogP contribution in [-0.2, 0) is 0 Å². The lowest BCUT2D eigenvalue weighted by Crippen LogP contribution is -2.54. The molecule has 0 unspecified atom stereocenters. The minimum Gasteiger partial charge on any atom is -0.247 e. The Kier molecular flexibility index (Phi) is 0.982. The summed E-state index contributed by atoms with van der Waals surface area (Å²) >= 11 is 0. The molecule has 0 nitrogen and oxygen atoms in total. The maximum atomic E-state index is 12.3. The van der Waals surface area contributed by atoms with Gasteiger partial charge in [-0.05, 0) is 18.3 Å². The van der Waals surface area contributed by atoms with Crippen LogP contribution in [0.25, 0.3) is 0 Å². The zero-order valence-electron chi connectivity index (χ0n) is 5.54. The minimum absolute atomic E-state index is 0.0690. The molecule has 0 heterocycles. The highest BCUT2D eigenvalue weighted by Crippen LogP contribution is 2.63. The molecule has 2 rings (SSSR count). The van der Waals surface area contributed by atoms with Gasteiger partial charge in [-0.3, -0.25) is 0 Å². The molecule has 0 bridgehead atoms. The van der Waals surface area contributed by atoms with Crippen molar-refractivity contribution in [1.82, 2.24) is 0 Å². The fourth-order valence-corrected chi connectivity index (χ4v) is 2.21. The third-order valence-electron chi connectivity index (χ3n) is 2.58. The Morgan fingerprint density at radius 1 is 1.10 bits per heavy atom. The van der Waals surface area contributed by atoms with Crippen LogP contribution in [0, 0.1) is 5.41 Å². The van der Waals surface area contributed by atoms with E-state index in [1.807, 2.05) is 0 Å². The van der Waals surface area contributed by atoms with Crippen LogP contribution in [0.15, 0.2) is 0 Å². The van der Waals surface area contributed by atoms with Crippen molar-refractivity contribution in [2.24, 2.45) is 5.41 Å². The third-order valence-corrected chi connectivity index (χ3v) is 2.58. The summed E-state index contributed by atoms with van der Waals surface area (Å²) in [6, 6.07) is 0. The summed E-state index contributed by atoms with van der Waals surface area (Å²) in [6.07, 6.45) is -0.178. The molecule has 0 aliphatic heterocycles. The normalized spacial score (nSPS) is 35.1. The average Bonchev–Trinajstić information content (AvgIpc) is 1.55. The van der Waals surface area contributed by atoms with E-state index in [-0.39, 0.29) is 18.3 Å². The van der Waals surface area contributed by atoms with Crippen molar-refractivity contribution in [3.05, 3.63) is 0 Å². The van der Waals surface area contributed by atoms with Gasteiger partial charge in [0.1, 0.15) is 6.17 Å². The molecule has 0 aromatic rings. The Morgan fingerprint density at radius 2 is 1.60 bits per heavy atom. The summed E-state index contributed by atoms with van der Waals surface area (Å²) in [7, 11) is 0. The fourth-order valence-electron chi connectivity index (χ4n) is 2.21. The van der Waals surface area contributed by atoms with Gasteiger partial charge < -0.3 is 0 Å². The molecule has 0 amide bonds. The minimum atomic E-state index is -2.47. The first-order valence-corrected chi connectivity index (χ1v) is 3.53. The van der Waals surface area contributed by atoms with E-state index >= 15 is 0 Å². The van der Waals surface area contributed by atoms with Gasteiger partial charge in [0.2, 0.25) is 5.92 Å². The molecule has 10 heavy (non-hydrogen) atoms. The molecule has 2 saturated carbocycles. The van der Waals surface area contributed by atoms with Crippen LogP contribution in [0.3, 0.4) is 0 Å². The third kappa shape index (κ3) is 0.756. The predicted octanol–water partition coefficient (Wildman–Crippen LogP) is 2.53. The quantitative estimate of drug-likeness (QED) is 0.497. The van der Waals surface area contributed by atoms with E-state index in [9.17, 15) is 13.2 Å². The van der Waals surface area contributed by atoms with Crippen molar-refractivity contribution in [3.8, 4) is 0 Å². The smallest absolute Gasteiger partial charge is 0.247 e. The Hall–Kier alpha value is -0.210. The van der Waals surface area contributed by atoms with Crippen LogP contribution < -0.4 is 0 Å². The second-order valence-electron chi connectivity index (χ2n) is 3.72. The summed E-state index contributed by atoms with van der Waals surface area (Å²) < 4.78 is 36.8. The molecule has 2 aliphatic carbocycles. The zero-order chi connectivity index (χ0) is 7.41. The van der Waals surface area contributed by atoms with Crippen molar-refractivity contribution >= 4 is 0 Å². The summed E-state index contributed by atoms with van der Waals surface area (Å²) in [5.41, 5.74) is -0.275. The van der Waals surface area contributed by atoms with Crippen LogP contribution in [0.4, 0.5) is 13.2 Å². The second-order valence-corrected chi connectivity index (χ2v) is 3.72. The van der Waals surface area contributed by atoms with Crippen LogP contribution in [-0.4, -0.2) is 12.1 Å². The molecule has 0 radical (unpaired) electrons. The van der Waals surface area contributed by atoms with Crippen molar-refractivity contribution in [2.45, 2.75) is 37.8 Å². The van der Waals surface area contributed by atoms with E-state index in [0.717, 1.165) is 0 Å². The van der Waals surface area contributed by atoms with Crippen LogP contribution in [0.2, 0.25) is 0 Å². The van der Waals surface area contributed by atoms with E-state index in [2.05, 4.69) is 0 Å². The predicted molar refractivity (Wildman–Crippen MR) is 30.7 cm³/mol. The lowest BCUT2D eigenvalue weighted by atomic mass is 9.54. The number of hydrogen-bond donors (Lipinski definition) is 0. The van der Waals surface area contributed by atoms with E-state index in [0.29, 0.717) is 12.8 Å². The van der Waals surface area contributed by atoms with E-state index in [1.54, 1.807) is 0 Å². The first-order chi connectivity index (χ1) is 4.52. The standard InChI is InChI=1S/C7H9F3/c8-5-1-6(2-5)3-7(9,10)4-6/h5H,1-4H2. The van der Waals surface area contributed by atoms with Gasteiger partial charge in [0, 0.05) is 12.8 Å². The maximum absolute atomic E-state index is 12.3. The van der Waals surface area contributed by atoms with Gasteiger partial charge >= 0.3 is 0 Å². The monoisotopic (exact) mass is 150 g/mol. The Balaban J connectivity index is 1.91. The molecule has 0 saturated heterocycles. The maximum Gasteiger partial charge on any atom is 0.249 e. The van der Waals surface area contributed by atoms with E-state index < -0.39 is 12.1 Å². The first-order valence-electron chi connectivity index (χ1n) is 3.53. The highest BCUT2D eigenvalue weighted by molar-refractivity contribution is 5.06. The topological polar surface area (TPSA) is 0 Å². The molecule has 0 N–H and O–H groups in total. The number of rotatable bonds is 0. The van der Waals surface area contributed by atoms with E-state index in [1.165, 1.54) is 0 Å². The fraction of sp³-hybridized carbons (Fsp3) is 1.00. The Bertz CT molecular complexity index is 148. The second kappa shape index (κ2) is 1.51. The SMILES string of the molecule is FC1CC2(C1)CC(F)(F)C2. The lowest BCUT2D eigenvalue weighted by molar-refractivity contribution is -0.208. The van der Waals surface area contributed by atoms with Crippen LogP contribution in [0.1, 0.15) is 25.7 Å². The van der Waals surface area contributed by atoms with Gasteiger partial charge in [0.05, 0.1) is 0 Å². The van der Waals surface area contributed by atoms with Gasteiger partial charge in [-0.15, -0.1) is 0 Å². The van der Waals surface area contributed by atoms with Gasteiger partial charge in [0.25, 0.3) is 0 Å². The highest BCUT2D eigenvalue weighted by atomic mass is 19.3. The van der Waals surface area contributed by atoms with Crippen LogP contribution in [0.5, 0.6) is 0 Å². The highest BCUT2D eigenvalue weighted by Gasteiger charge is 2.62. The summed E-state index contributed by atoms with van der Waals surface area (Å²) in [5.74, 6) is -2.47.